The lowest BCUT2D eigenvalue weighted by molar-refractivity contribution is -0.116. The normalized spacial score (nSPS) is 10.7. The monoisotopic (exact) mass is 434 g/mol. The van der Waals surface area contributed by atoms with Crippen molar-refractivity contribution in [3.05, 3.63) is 97.8 Å². The van der Waals surface area contributed by atoms with Crippen LogP contribution in [0.15, 0.2) is 69.6 Å². The molecule has 7 nitrogen and oxygen atoms in total. The molecule has 0 spiro atoms. The number of aromatic nitrogens is 2. The molecule has 0 atom stereocenters. The van der Waals surface area contributed by atoms with Crippen LogP contribution in [-0.2, 0) is 17.9 Å². The highest BCUT2D eigenvalue weighted by molar-refractivity contribution is 7.17. The first kappa shape index (κ1) is 20.3. The molecule has 154 valence electrons. The van der Waals surface area contributed by atoms with E-state index in [0.29, 0.717) is 27.0 Å². The van der Waals surface area contributed by atoms with Crippen molar-refractivity contribution >= 4 is 33.1 Å². The van der Waals surface area contributed by atoms with Gasteiger partial charge >= 0.3 is 5.69 Å². The van der Waals surface area contributed by atoms with Gasteiger partial charge in [-0.3, -0.25) is 18.7 Å². The minimum Gasteiger partial charge on any atom is -0.324 e. The van der Waals surface area contributed by atoms with E-state index >= 15 is 0 Å². The second kappa shape index (κ2) is 8.38. The Hall–Kier alpha value is -4.03. The number of fused-ring (bicyclic) bond motifs is 1. The lowest BCUT2D eigenvalue weighted by Gasteiger charge is -2.12. The van der Waals surface area contributed by atoms with Crippen LogP contribution in [0.3, 0.4) is 0 Å². The first-order valence-corrected chi connectivity index (χ1v) is 10.1. The van der Waals surface area contributed by atoms with Crippen molar-refractivity contribution in [1.29, 1.82) is 5.26 Å². The van der Waals surface area contributed by atoms with E-state index in [1.165, 1.54) is 46.2 Å². The molecular formula is C22H15FN4O3S. The topological polar surface area (TPSA) is 96.9 Å². The molecule has 0 unspecified atom stereocenters. The zero-order chi connectivity index (χ0) is 22.0. The van der Waals surface area contributed by atoms with Gasteiger partial charge in [0.2, 0.25) is 5.91 Å². The number of benzene rings is 2. The third-order valence-corrected chi connectivity index (χ3v) is 5.56. The van der Waals surface area contributed by atoms with Crippen molar-refractivity contribution in [2.75, 3.05) is 5.32 Å². The number of anilines is 1. The zero-order valence-corrected chi connectivity index (χ0v) is 16.9. The molecule has 2 aromatic carbocycles. The number of nitrogens with zero attached hydrogens (tertiary/aromatic N) is 3. The molecule has 0 saturated carbocycles. The van der Waals surface area contributed by atoms with E-state index in [2.05, 4.69) is 5.32 Å². The number of hydrogen-bond acceptors (Lipinski definition) is 5. The Morgan fingerprint density at radius 3 is 2.61 bits per heavy atom. The lowest BCUT2D eigenvalue weighted by atomic mass is 10.2. The van der Waals surface area contributed by atoms with Crippen LogP contribution in [0.25, 0.3) is 10.2 Å². The molecular weight excluding hydrogens is 419 g/mol. The van der Waals surface area contributed by atoms with Crippen molar-refractivity contribution in [1.82, 2.24) is 9.13 Å². The largest absolute Gasteiger partial charge is 0.332 e. The SMILES string of the molecule is N#Cc1cccc(NC(=O)Cn2c(=O)n(Cc3ccc(F)cc3)c(=O)c3sccc32)c1. The molecule has 0 fully saturated rings. The molecule has 2 aromatic heterocycles. The van der Waals surface area contributed by atoms with Gasteiger partial charge < -0.3 is 5.32 Å². The predicted octanol–water partition coefficient (Wildman–Crippen LogP) is 2.92. The zero-order valence-electron chi connectivity index (χ0n) is 16.0. The van der Waals surface area contributed by atoms with Crippen molar-refractivity contribution in [3.8, 4) is 6.07 Å². The molecule has 0 saturated heterocycles. The molecule has 9 heteroatoms. The quantitative estimate of drug-likeness (QED) is 0.522. The smallest absolute Gasteiger partial charge is 0.324 e. The van der Waals surface area contributed by atoms with Crippen LogP contribution in [0.2, 0.25) is 0 Å². The number of halogens is 1. The maximum Gasteiger partial charge on any atom is 0.332 e. The van der Waals surface area contributed by atoms with Gasteiger partial charge in [-0.05, 0) is 47.3 Å². The second-order valence-electron chi connectivity index (χ2n) is 6.76. The van der Waals surface area contributed by atoms with E-state index < -0.39 is 23.0 Å². The summed E-state index contributed by atoms with van der Waals surface area (Å²) in [7, 11) is 0. The molecule has 31 heavy (non-hydrogen) atoms. The van der Waals surface area contributed by atoms with Gasteiger partial charge in [-0.15, -0.1) is 11.3 Å². The summed E-state index contributed by atoms with van der Waals surface area (Å²) >= 11 is 1.18. The highest BCUT2D eigenvalue weighted by Crippen LogP contribution is 2.16. The fraction of sp³-hybridized carbons (Fsp3) is 0.0909. The van der Waals surface area contributed by atoms with Crippen LogP contribution in [0.1, 0.15) is 11.1 Å². The number of nitrogens with one attached hydrogen (secondary N) is 1. The van der Waals surface area contributed by atoms with E-state index in [-0.39, 0.29) is 13.1 Å². The molecule has 4 rings (SSSR count). The van der Waals surface area contributed by atoms with E-state index in [1.807, 2.05) is 6.07 Å². The van der Waals surface area contributed by atoms with Gasteiger partial charge in [0.25, 0.3) is 5.56 Å². The summed E-state index contributed by atoms with van der Waals surface area (Å²) in [6, 6.07) is 15.5. The lowest BCUT2D eigenvalue weighted by Crippen LogP contribution is -2.41. The summed E-state index contributed by atoms with van der Waals surface area (Å²) in [4.78, 5) is 38.5. The van der Waals surface area contributed by atoms with Crippen molar-refractivity contribution in [2.45, 2.75) is 13.1 Å². The maximum atomic E-state index is 13.2. The number of nitriles is 1. The molecule has 1 N–H and O–H groups in total. The number of hydrogen-bond donors (Lipinski definition) is 1. The summed E-state index contributed by atoms with van der Waals surface area (Å²) in [5, 5.41) is 13.3. The number of carbonyl (C=O) groups is 1. The van der Waals surface area contributed by atoms with Crippen molar-refractivity contribution in [3.63, 3.8) is 0 Å². The third kappa shape index (κ3) is 4.15. The average Bonchev–Trinajstić information content (AvgIpc) is 3.26. The average molecular weight is 434 g/mol. The number of amides is 1. The van der Waals surface area contributed by atoms with E-state index in [1.54, 1.807) is 29.6 Å². The summed E-state index contributed by atoms with van der Waals surface area (Å²) in [5.74, 6) is -0.893. The molecule has 1 amide bonds. The standard InChI is InChI=1S/C22H15FN4O3S/c23-16-6-4-14(5-7-16)12-27-21(29)20-18(8-9-31-20)26(22(27)30)13-19(28)25-17-3-1-2-15(10-17)11-24/h1-10H,12-13H2,(H,25,28). The summed E-state index contributed by atoms with van der Waals surface area (Å²) in [6.07, 6.45) is 0. The van der Waals surface area contributed by atoms with Crippen LogP contribution in [0.4, 0.5) is 10.1 Å². The van der Waals surface area contributed by atoms with Gasteiger partial charge in [-0.1, -0.05) is 18.2 Å². The first-order chi connectivity index (χ1) is 15.0. The number of carbonyl (C=O) groups excluding carboxylic acids is 1. The Labute approximate surface area is 179 Å². The van der Waals surface area contributed by atoms with Gasteiger partial charge in [0.05, 0.1) is 23.7 Å². The third-order valence-electron chi connectivity index (χ3n) is 4.67. The van der Waals surface area contributed by atoms with E-state index in [4.69, 9.17) is 5.26 Å². The molecule has 0 bridgehead atoms. The Morgan fingerprint density at radius 1 is 1.10 bits per heavy atom. The number of thiophene rings is 1. The Kier molecular flexibility index (Phi) is 5.47. The fourth-order valence-corrected chi connectivity index (χ4v) is 4.05. The molecule has 0 radical (unpaired) electrons. The predicted molar refractivity (Wildman–Crippen MR) is 116 cm³/mol. The Balaban J connectivity index is 1.70. The molecule has 0 aliphatic heterocycles. The summed E-state index contributed by atoms with van der Waals surface area (Å²) < 4.78 is 15.8. The molecule has 0 aliphatic carbocycles. The van der Waals surface area contributed by atoms with Gasteiger partial charge in [0, 0.05) is 5.69 Å². The van der Waals surface area contributed by atoms with Crippen LogP contribution < -0.4 is 16.6 Å². The second-order valence-corrected chi connectivity index (χ2v) is 7.68. The Morgan fingerprint density at radius 2 is 1.87 bits per heavy atom. The van der Waals surface area contributed by atoms with Gasteiger partial charge in [0.15, 0.2) is 0 Å². The van der Waals surface area contributed by atoms with Crippen LogP contribution >= 0.6 is 11.3 Å². The van der Waals surface area contributed by atoms with Gasteiger partial charge in [-0.25, -0.2) is 9.18 Å². The Bertz CT molecular complexity index is 1440. The van der Waals surface area contributed by atoms with Crippen LogP contribution in [0.5, 0.6) is 0 Å². The van der Waals surface area contributed by atoms with Gasteiger partial charge in [0.1, 0.15) is 17.1 Å². The van der Waals surface area contributed by atoms with Gasteiger partial charge in [-0.2, -0.15) is 5.26 Å². The van der Waals surface area contributed by atoms with E-state index in [9.17, 15) is 18.8 Å². The highest BCUT2D eigenvalue weighted by Gasteiger charge is 2.17. The van der Waals surface area contributed by atoms with Crippen molar-refractivity contribution in [2.24, 2.45) is 0 Å². The van der Waals surface area contributed by atoms with Crippen molar-refractivity contribution < 1.29 is 9.18 Å². The van der Waals surface area contributed by atoms with E-state index in [0.717, 1.165) is 4.57 Å². The molecule has 0 aliphatic rings. The minimum atomic E-state index is -0.638. The number of rotatable bonds is 5. The summed E-state index contributed by atoms with van der Waals surface area (Å²) in [6.45, 7) is -0.357. The minimum absolute atomic E-state index is 0.0440. The molecule has 2 heterocycles. The van der Waals surface area contributed by atoms with Crippen LogP contribution in [0, 0.1) is 17.1 Å². The molecule has 4 aromatic rings. The van der Waals surface area contributed by atoms with Crippen LogP contribution in [-0.4, -0.2) is 15.0 Å². The maximum absolute atomic E-state index is 13.2. The summed E-state index contributed by atoms with van der Waals surface area (Å²) in [5.41, 5.74) is 0.678. The fourth-order valence-electron chi connectivity index (χ4n) is 3.21. The highest BCUT2D eigenvalue weighted by atomic mass is 32.1. The first-order valence-electron chi connectivity index (χ1n) is 9.21.